The molecular weight excluding hydrogens is 436 g/mol. The molecule has 0 radical (unpaired) electrons. The number of rotatable bonds is 3. The predicted octanol–water partition coefficient (Wildman–Crippen LogP) is 1.22. The van der Waals surface area contributed by atoms with E-state index in [-0.39, 0.29) is 33.2 Å². The molecule has 1 saturated heterocycles. The number of methoxy groups -OCH3 is 3. The third kappa shape index (κ3) is 2.09. The van der Waals surface area contributed by atoms with Crippen LogP contribution in [-0.4, -0.2) is 66.7 Å². The first kappa shape index (κ1) is 20.8. The second kappa shape index (κ2) is 6.26. The van der Waals surface area contributed by atoms with Crippen LogP contribution in [0.5, 0.6) is 11.5 Å². The van der Waals surface area contributed by atoms with Gasteiger partial charge >= 0.3 is 5.97 Å². The Morgan fingerprint density at radius 3 is 2.27 bits per heavy atom. The molecule has 2 aromatic rings. The van der Waals surface area contributed by atoms with E-state index in [0.717, 1.165) is 13.2 Å². The fourth-order valence-electron chi connectivity index (χ4n) is 4.88. The van der Waals surface area contributed by atoms with Gasteiger partial charge in [-0.25, -0.2) is 4.79 Å². The zero-order chi connectivity index (χ0) is 24.0. The number of phenols is 1. The number of fused-ring (bicyclic) bond motifs is 2. The molecule has 1 heterocycles. The summed E-state index contributed by atoms with van der Waals surface area (Å²) in [5.74, 6) is -5.47. The molecule has 33 heavy (non-hydrogen) atoms. The number of aromatic hydroxyl groups is 1. The maximum atomic E-state index is 13.5. The first-order valence-electron chi connectivity index (χ1n) is 9.72. The number of ketones is 4. The van der Waals surface area contributed by atoms with Gasteiger partial charge in [0.15, 0.2) is 5.76 Å². The number of aryl methyl sites for hydroxylation is 1. The molecule has 0 saturated carbocycles. The summed E-state index contributed by atoms with van der Waals surface area (Å²) in [5, 5.41) is 11.5. The van der Waals surface area contributed by atoms with Crippen LogP contribution in [0, 0.1) is 6.92 Å². The number of esters is 1. The van der Waals surface area contributed by atoms with Gasteiger partial charge in [-0.3, -0.25) is 19.2 Å². The molecule has 1 fully saturated rings. The highest BCUT2D eigenvalue weighted by Gasteiger charge is 2.89. The van der Waals surface area contributed by atoms with Gasteiger partial charge in [-0.2, -0.15) is 0 Å². The average Bonchev–Trinajstić information content (AvgIpc) is 3.53. The Balaban J connectivity index is 1.85. The van der Waals surface area contributed by atoms with Crippen molar-refractivity contribution >= 4 is 39.9 Å². The lowest BCUT2D eigenvalue weighted by Gasteiger charge is -2.27. The van der Waals surface area contributed by atoms with E-state index >= 15 is 0 Å². The van der Waals surface area contributed by atoms with Crippen molar-refractivity contribution < 1.29 is 48.0 Å². The Morgan fingerprint density at radius 1 is 0.970 bits per heavy atom. The minimum absolute atomic E-state index is 0.0177. The van der Waals surface area contributed by atoms with Crippen molar-refractivity contribution in [3.05, 3.63) is 46.2 Å². The van der Waals surface area contributed by atoms with E-state index in [0.29, 0.717) is 0 Å². The van der Waals surface area contributed by atoms with Gasteiger partial charge in [0.05, 0.1) is 26.9 Å². The molecule has 0 aromatic heterocycles. The second-order valence-electron chi connectivity index (χ2n) is 7.85. The summed E-state index contributed by atoms with van der Waals surface area (Å²) in [5.41, 5.74) is -5.24. The van der Waals surface area contributed by atoms with Crippen molar-refractivity contribution in [2.75, 3.05) is 21.3 Å². The Labute approximate surface area is 185 Å². The minimum Gasteiger partial charge on any atom is -0.507 e. The molecule has 2 aromatic carbocycles. The van der Waals surface area contributed by atoms with Gasteiger partial charge in [-0.1, -0.05) is 0 Å². The van der Waals surface area contributed by atoms with Crippen LogP contribution in [0.25, 0.3) is 10.8 Å². The SMILES string of the molecule is COC(=O)c1c(OC)cc2cc3c(c(O)c2c1C)C(=O)C12OC1(C(=O)C(OC)=CC2=O)C3=O. The molecule has 168 valence electrons. The quantitative estimate of drug-likeness (QED) is 0.410. The second-order valence-corrected chi connectivity index (χ2v) is 7.85. The maximum Gasteiger partial charge on any atom is 0.341 e. The molecule has 1 N–H and O–H groups in total. The van der Waals surface area contributed by atoms with Crippen LogP contribution < -0.4 is 4.74 Å². The Bertz CT molecular complexity index is 1410. The van der Waals surface area contributed by atoms with Crippen LogP contribution in [0.15, 0.2) is 24.0 Å². The zero-order valence-corrected chi connectivity index (χ0v) is 17.9. The van der Waals surface area contributed by atoms with Crippen molar-refractivity contribution in [3.8, 4) is 11.5 Å². The molecular formula is C23H16O10. The topological polar surface area (TPSA) is 146 Å². The summed E-state index contributed by atoms with van der Waals surface area (Å²) in [4.78, 5) is 65.0. The Hall–Kier alpha value is -4.05. The zero-order valence-electron chi connectivity index (χ0n) is 17.9. The number of carbonyl (C=O) groups excluding carboxylic acids is 5. The molecule has 10 nitrogen and oxygen atoms in total. The highest BCUT2D eigenvalue weighted by Crippen LogP contribution is 2.61. The van der Waals surface area contributed by atoms with Gasteiger partial charge in [0.1, 0.15) is 17.1 Å². The molecule has 0 spiro atoms. The van der Waals surface area contributed by atoms with Crippen molar-refractivity contribution in [3.63, 3.8) is 0 Å². The summed E-state index contributed by atoms with van der Waals surface area (Å²) in [6, 6.07) is 2.69. The molecule has 5 rings (SSSR count). The first-order valence-corrected chi connectivity index (χ1v) is 9.72. The van der Waals surface area contributed by atoms with Gasteiger partial charge < -0.3 is 24.1 Å². The number of ether oxygens (including phenoxy) is 4. The van der Waals surface area contributed by atoms with Gasteiger partial charge in [-0.15, -0.1) is 0 Å². The lowest BCUT2D eigenvalue weighted by atomic mass is 9.67. The van der Waals surface area contributed by atoms with Gasteiger partial charge in [-0.05, 0) is 30.0 Å². The lowest BCUT2D eigenvalue weighted by Crippen LogP contribution is -2.56. The molecule has 0 bridgehead atoms. The number of epoxide rings is 1. The van der Waals surface area contributed by atoms with E-state index < -0.39 is 57.4 Å². The van der Waals surface area contributed by atoms with Gasteiger partial charge in [0.25, 0.3) is 0 Å². The Kier molecular flexibility index (Phi) is 3.95. The van der Waals surface area contributed by atoms with Crippen LogP contribution in [0.1, 0.15) is 36.6 Å². The predicted molar refractivity (Wildman–Crippen MR) is 109 cm³/mol. The minimum atomic E-state index is -2.38. The monoisotopic (exact) mass is 452 g/mol. The summed E-state index contributed by atoms with van der Waals surface area (Å²) in [6.45, 7) is 1.51. The van der Waals surface area contributed by atoms with E-state index in [2.05, 4.69) is 0 Å². The summed E-state index contributed by atoms with van der Waals surface area (Å²) >= 11 is 0. The number of phenolic OH excluding ortho intramolecular Hbond substituents is 1. The van der Waals surface area contributed by atoms with Gasteiger partial charge in [0.2, 0.25) is 34.3 Å². The summed E-state index contributed by atoms with van der Waals surface area (Å²) in [6.07, 6.45) is 0.813. The summed E-state index contributed by atoms with van der Waals surface area (Å²) in [7, 11) is 3.66. The smallest absolute Gasteiger partial charge is 0.341 e. The van der Waals surface area contributed by atoms with Crippen molar-refractivity contribution in [2.45, 2.75) is 18.1 Å². The number of Topliss-reactive ketones (excluding diaryl/α,β-unsaturated/α-hetero) is 3. The average molecular weight is 452 g/mol. The molecule has 1 aliphatic heterocycles. The van der Waals surface area contributed by atoms with Gasteiger partial charge in [0, 0.05) is 17.0 Å². The number of carbonyl (C=O) groups is 5. The van der Waals surface area contributed by atoms with E-state index in [9.17, 15) is 29.1 Å². The van der Waals surface area contributed by atoms with Crippen LogP contribution >= 0.6 is 0 Å². The van der Waals surface area contributed by atoms with Crippen molar-refractivity contribution in [1.29, 1.82) is 0 Å². The number of hydrogen-bond acceptors (Lipinski definition) is 10. The maximum absolute atomic E-state index is 13.5. The van der Waals surface area contributed by atoms with Crippen LogP contribution in [0.4, 0.5) is 0 Å². The van der Waals surface area contributed by atoms with E-state index in [1.54, 1.807) is 0 Å². The fourth-order valence-corrected chi connectivity index (χ4v) is 4.88. The van der Waals surface area contributed by atoms with Crippen molar-refractivity contribution in [1.82, 2.24) is 0 Å². The summed E-state index contributed by atoms with van der Waals surface area (Å²) < 4.78 is 20.4. The van der Waals surface area contributed by atoms with Crippen LogP contribution in [0.2, 0.25) is 0 Å². The lowest BCUT2D eigenvalue weighted by molar-refractivity contribution is -0.125. The molecule has 2 aliphatic carbocycles. The normalized spacial score (nSPS) is 25.2. The number of benzene rings is 2. The molecule has 10 heteroatoms. The Morgan fingerprint density at radius 2 is 1.67 bits per heavy atom. The third-order valence-corrected chi connectivity index (χ3v) is 6.47. The standard InChI is InChI=1S/C23H16O10/c1-8-14-9(6-11(30-2)15(8)21(29)32-4)5-10-16(17(14)25)20(28)22-13(24)7-12(31-3)19(27)23(22,33-22)18(10)26/h5-7,25H,1-4H3. The first-order chi connectivity index (χ1) is 15.6. The number of hydrogen-bond donors (Lipinski definition) is 1. The third-order valence-electron chi connectivity index (χ3n) is 6.47. The largest absolute Gasteiger partial charge is 0.507 e. The van der Waals surface area contributed by atoms with E-state index in [1.165, 1.54) is 33.3 Å². The highest BCUT2D eigenvalue weighted by atomic mass is 16.7. The van der Waals surface area contributed by atoms with E-state index in [1.807, 2.05) is 0 Å². The molecule has 3 aliphatic rings. The van der Waals surface area contributed by atoms with Crippen LogP contribution in [-0.2, 0) is 23.8 Å². The van der Waals surface area contributed by atoms with Crippen LogP contribution in [0.3, 0.4) is 0 Å². The fraction of sp³-hybridized carbons (Fsp3) is 0.261. The molecule has 2 atom stereocenters. The highest BCUT2D eigenvalue weighted by molar-refractivity contribution is 6.46. The molecule has 2 unspecified atom stereocenters. The van der Waals surface area contributed by atoms with Crippen molar-refractivity contribution in [2.24, 2.45) is 0 Å². The van der Waals surface area contributed by atoms with E-state index in [4.69, 9.17) is 18.9 Å². The molecule has 0 amide bonds.